The van der Waals surface area contributed by atoms with Gasteiger partial charge in [-0.3, -0.25) is 4.79 Å². The number of rotatable bonds is 4. The number of carbonyl (C=O) groups is 1. The van der Waals surface area contributed by atoms with Crippen molar-refractivity contribution in [2.75, 3.05) is 0 Å². The van der Waals surface area contributed by atoms with Crippen molar-refractivity contribution in [2.24, 2.45) is 15.9 Å². The summed E-state index contributed by atoms with van der Waals surface area (Å²) in [7, 11) is 0. The molecule has 1 unspecified atom stereocenters. The average molecular weight is 406 g/mol. The molecule has 0 N–H and O–H groups in total. The number of hydrogen-bond acceptors (Lipinski definition) is 3. The highest BCUT2D eigenvalue weighted by Crippen LogP contribution is 2.74. The summed E-state index contributed by atoms with van der Waals surface area (Å²) in [5.74, 6) is -1.30. The van der Waals surface area contributed by atoms with E-state index in [0.29, 0.717) is 12.0 Å². The van der Waals surface area contributed by atoms with Crippen molar-refractivity contribution in [3.8, 4) is 0 Å². The molecule has 7 rings (SSSR count). The van der Waals surface area contributed by atoms with Crippen molar-refractivity contribution < 1.29 is 13.6 Å². The highest BCUT2D eigenvalue weighted by Gasteiger charge is 2.72. The number of benzene rings is 1. The van der Waals surface area contributed by atoms with Crippen LogP contribution in [0, 0.1) is 22.5 Å². The van der Waals surface area contributed by atoms with Crippen LogP contribution in [0.15, 0.2) is 53.9 Å². The lowest BCUT2D eigenvalue weighted by molar-refractivity contribution is -0.222. The van der Waals surface area contributed by atoms with Gasteiger partial charge in [-0.2, -0.15) is 5.10 Å². The predicted octanol–water partition coefficient (Wildman–Crippen LogP) is 4.44. The Morgan fingerprint density at radius 3 is 2.67 bits per heavy atom. The van der Waals surface area contributed by atoms with Crippen molar-refractivity contribution in [3.05, 3.63) is 66.0 Å². The number of pyridine rings is 1. The number of halogens is 2. The molecule has 30 heavy (non-hydrogen) atoms. The van der Waals surface area contributed by atoms with Gasteiger partial charge in [-0.05, 0) is 60.6 Å². The Bertz CT molecular complexity index is 1180. The molecule has 1 aliphatic heterocycles. The number of hydrogen-bond donors (Lipinski definition) is 0. The van der Waals surface area contributed by atoms with Crippen LogP contribution in [0.25, 0.3) is 11.0 Å². The molecule has 3 fully saturated rings. The lowest BCUT2D eigenvalue weighted by Crippen LogP contribution is -2.68. The Morgan fingerprint density at radius 2 is 1.90 bits per heavy atom. The molecule has 3 aromatic rings. The Balaban J connectivity index is 1.18. The van der Waals surface area contributed by atoms with E-state index in [1.54, 1.807) is 12.4 Å². The third-order valence-electron chi connectivity index (χ3n) is 6.93. The monoisotopic (exact) mass is 406 g/mol. The predicted molar refractivity (Wildman–Crippen MR) is 108 cm³/mol. The molecule has 2 bridgehead atoms. The molecule has 5 nitrogen and oxygen atoms in total. The van der Waals surface area contributed by atoms with Gasteiger partial charge in [-0.1, -0.05) is 0 Å². The number of carbonyl (C=O) groups excluding carboxylic acids is 1. The normalized spacial score (nSPS) is 29.1. The van der Waals surface area contributed by atoms with Crippen LogP contribution in [0.5, 0.6) is 0 Å². The molecule has 3 heterocycles. The van der Waals surface area contributed by atoms with E-state index in [0.717, 1.165) is 42.9 Å². The fourth-order valence-electron chi connectivity index (χ4n) is 5.80. The summed E-state index contributed by atoms with van der Waals surface area (Å²) < 4.78 is 29.5. The Kier molecular flexibility index (Phi) is 3.53. The first kappa shape index (κ1) is 17.7. The smallest absolute Gasteiger partial charge is 0.249 e. The summed E-state index contributed by atoms with van der Waals surface area (Å²) in [5, 5.41) is 6.83. The summed E-state index contributed by atoms with van der Waals surface area (Å²) in [5.41, 5.74) is 1.16. The summed E-state index contributed by atoms with van der Waals surface area (Å²) in [4.78, 5) is 17.8. The van der Waals surface area contributed by atoms with E-state index in [2.05, 4.69) is 26.9 Å². The van der Waals surface area contributed by atoms with Gasteiger partial charge in [0.2, 0.25) is 5.91 Å². The van der Waals surface area contributed by atoms with Gasteiger partial charge in [-0.15, -0.1) is 0 Å². The van der Waals surface area contributed by atoms with Crippen LogP contribution in [-0.4, -0.2) is 26.7 Å². The lowest BCUT2D eigenvalue weighted by atomic mass is 9.34. The van der Waals surface area contributed by atoms with E-state index < -0.39 is 17.7 Å². The van der Waals surface area contributed by atoms with E-state index in [-0.39, 0.29) is 16.7 Å². The quantitative estimate of drug-likeness (QED) is 0.643. The molecule has 0 spiro atoms. The number of amides is 1. The molecule has 3 saturated carbocycles. The first-order chi connectivity index (χ1) is 14.5. The molecule has 3 aliphatic carbocycles. The second kappa shape index (κ2) is 5.97. The van der Waals surface area contributed by atoms with Crippen LogP contribution in [0.4, 0.5) is 8.78 Å². The Labute approximate surface area is 172 Å². The first-order valence-corrected chi connectivity index (χ1v) is 10.2. The topological polar surface area (TPSA) is 50.5 Å². The fourth-order valence-corrected chi connectivity index (χ4v) is 5.80. The molecular weight excluding hydrogens is 386 g/mol. The number of hydrazone groups is 1. The maximum absolute atomic E-state index is 13.7. The average Bonchev–Trinajstić information content (AvgIpc) is 3.29. The molecule has 0 radical (unpaired) electrons. The maximum atomic E-state index is 13.7. The molecule has 0 saturated heterocycles. The van der Waals surface area contributed by atoms with E-state index in [4.69, 9.17) is 0 Å². The minimum atomic E-state index is -0.638. The van der Waals surface area contributed by atoms with Crippen molar-refractivity contribution in [1.29, 1.82) is 0 Å². The van der Waals surface area contributed by atoms with E-state index in [1.807, 2.05) is 12.1 Å². The standard InChI is InChI=1S/C23H20F2N4O/c24-17-8-16(9-18(25)10-17)19-3-6-27-29(19)21(30)23-11-22(12-23,13-23)14-28-7-4-15-2-1-5-26-20(15)28/h1-2,4-10,19H,3,11-14H2. The zero-order valence-corrected chi connectivity index (χ0v) is 16.3. The van der Waals surface area contributed by atoms with Gasteiger partial charge in [0.05, 0.1) is 11.5 Å². The van der Waals surface area contributed by atoms with Gasteiger partial charge < -0.3 is 4.57 Å². The van der Waals surface area contributed by atoms with Gasteiger partial charge in [-0.25, -0.2) is 18.8 Å². The number of nitrogens with zero attached hydrogens (tertiary/aromatic N) is 4. The van der Waals surface area contributed by atoms with Gasteiger partial charge in [0, 0.05) is 43.0 Å². The van der Waals surface area contributed by atoms with Crippen LogP contribution in [0.3, 0.4) is 0 Å². The first-order valence-electron chi connectivity index (χ1n) is 10.2. The Morgan fingerprint density at radius 1 is 1.13 bits per heavy atom. The van der Waals surface area contributed by atoms with Crippen molar-refractivity contribution in [2.45, 2.75) is 38.3 Å². The van der Waals surface area contributed by atoms with Crippen LogP contribution in [0.2, 0.25) is 0 Å². The molecular formula is C23H20F2N4O. The lowest BCUT2D eigenvalue weighted by Gasteiger charge is -2.70. The second-order valence-electron chi connectivity index (χ2n) is 9.07. The third-order valence-corrected chi connectivity index (χ3v) is 6.93. The zero-order chi connectivity index (χ0) is 20.5. The van der Waals surface area contributed by atoms with Crippen molar-refractivity contribution >= 4 is 23.2 Å². The van der Waals surface area contributed by atoms with Gasteiger partial charge in [0.1, 0.15) is 17.3 Å². The van der Waals surface area contributed by atoms with Crippen molar-refractivity contribution in [3.63, 3.8) is 0 Å². The van der Waals surface area contributed by atoms with Crippen LogP contribution in [0.1, 0.15) is 37.3 Å². The summed E-state index contributed by atoms with van der Waals surface area (Å²) in [6.07, 6.45) is 8.45. The molecule has 1 amide bonds. The highest BCUT2D eigenvalue weighted by atomic mass is 19.1. The van der Waals surface area contributed by atoms with Crippen LogP contribution < -0.4 is 0 Å². The molecule has 152 valence electrons. The summed E-state index contributed by atoms with van der Waals surface area (Å²) >= 11 is 0. The largest absolute Gasteiger partial charge is 0.332 e. The van der Waals surface area contributed by atoms with E-state index >= 15 is 0 Å². The van der Waals surface area contributed by atoms with E-state index in [1.165, 1.54) is 17.1 Å². The van der Waals surface area contributed by atoms with Crippen molar-refractivity contribution in [1.82, 2.24) is 14.6 Å². The zero-order valence-electron chi connectivity index (χ0n) is 16.3. The minimum Gasteiger partial charge on any atom is -0.332 e. The minimum absolute atomic E-state index is 0.0247. The van der Waals surface area contributed by atoms with Crippen LogP contribution in [-0.2, 0) is 11.3 Å². The molecule has 1 atom stereocenters. The van der Waals surface area contributed by atoms with Gasteiger partial charge in [0.15, 0.2) is 0 Å². The molecule has 4 aliphatic rings. The molecule has 7 heteroatoms. The number of aromatic nitrogens is 2. The summed E-state index contributed by atoms with van der Waals surface area (Å²) in [6, 6.07) is 9.02. The summed E-state index contributed by atoms with van der Waals surface area (Å²) in [6.45, 7) is 0.852. The molecule has 1 aromatic carbocycles. The fraction of sp³-hybridized carbons (Fsp3) is 0.348. The van der Waals surface area contributed by atoms with Gasteiger partial charge >= 0.3 is 0 Å². The number of fused-ring (bicyclic) bond motifs is 1. The van der Waals surface area contributed by atoms with Gasteiger partial charge in [0.25, 0.3) is 0 Å². The van der Waals surface area contributed by atoms with E-state index in [9.17, 15) is 13.6 Å². The SMILES string of the molecule is O=C(N1N=CCC1c1cc(F)cc(F)c1)C12CC(Cn3ccc4cccnc43)(C1)C2. The second-order valence-corrected chi connectivity index (χ2v) is 9.07. The Hall–Kier alpha value is -3.09. The highest BCUT2D eigenvalue weighted by molar-refractivity contribution is 5.88. The third kappa shape index (κ3) is 2.47. The maximum Gasteiger partial charge on any atom is 0.249 e. The molecule has 2 aromatic heterocycles. The van der Waals surface area contributed by atoms with Crippen LogP contribution >= 0.6 is 0 Å².